The number of ether oxygens (including phenoxy) is 6. The van der Waals surface area contributed by atoms with E-state index in [2.05, 4.69) is 68.6 Å². The first-order chi connectivity index (χ1) is 38.2. The van der Waals surface area contributed by atoms with Gasteiger partial charge in [0.1, 0.15) is 55.1 Å². The van der Waals surface area contributed by atoms with Crippen LogP contribution >= 0.6 is 22.6 Å². The SMILES string of the molecule is CC1OC(OC2C(O)[C@@H](NC(=O)CCCCCCC(=O)c3ccc(I)cc3)C(CO)O[C@H]2OC(=O)[C@]23CCC(C)(C)CC2C2=CCC4C5(C)CC[C@H](O)[C@](C)(C=O)[C@@H]5CC[C@@]4(C)[C@]2(C)CC3)C(O)C(O)[C@H]1O[C@@H]1OC[C@@H](O)C(O)C1O. The lowest BCUT2D eigenvalue weighted by molar-refractivity contribution is -0.369. The minimum Gasteiger partial charge on any atom is -0.432 e. The standard InChI is InChI=1S/C61H90INO18/c1-32-50(79-52-48(73)45(70)38(67)30-76-52)47(72)49(74)53(77-32)80-51-46(71)44(63-43(69)13-11-9-8-10-12-37(66)33-14-16-34(62)17-15-33)39(29-64)78-54(51)81-55(75)61-26-24-56(2,3)28-36(61)35-18-19-41-57(4)22-21-42(68)58(5,31-65)40(57)20-23-60(41,7)59(35,6)25-27-61/h14-18,31-32,36,38-42,44-54,64,67-68,70-74H,8-13,19-30H2,1-7H3,(H,63,69)/t32?,36?,38-,39?,40-,41?,42+,44+,45?,46?,47?,48?,49?,50+,51?,52+,53?,54+,57?,58-,59-,60-,61+/m1/s1. The van der Waals surface area contributed by atoms with Gasteiger partial charge in [-0.05, 0) is 158 Å². The molecule has 3 saturated heterocycles. The van der Waals surface area contributed by atoms with Gasteiger partial charge in [-0.1, -0.05) is 78.2 Å². The number of aldehydes is 1. The number of benzene rings is 1. The van der Waals surface area contributed by atoms with Gasteiger partial charge in [-0.25, -0.2) is 0 Å². The first kappa shape index (κ1) is 63.0. The fourth-order valence-corrected chi connectivity index (χ4v) is 17.1. The first-order valence-electron chi connectivity index (χ1n) is 29.8. The number of esters is 1. The molecule has 3 heterocycles. The molecule has 0 radical (unpaired) electrons. The Hall–Kier alpha value is -2.55. The van der Waals surface area contributed by atoms with Crippen molar-refractivity contribution in [3.8, 4) is 0 Å². The largest absolute Gasteiger partial charge is 0.432 e. The van der Waals surface area contributed by atoms with E-state index in [1.165, 1.54) is 12.5 Å². The van der Waals surface area contributed by atoms with Crippen molar-refractivity contribution < 1.29 is 88.5 Å². The van der Waals surface area contributed by atoms with Gasteiger partial charge in [0.2, 0.25) is 12.2 Å². The van der Waals surface area contributed by atoms with Crippen LogP contribution in [0.1, 0.15) is 162 Å². The highest BCUT2D eigenvalue weighted by Crippen LogP contribution is 2.76. The van der Waals surface area contributed by atoms with Crippen LogP contribution in [0.2, 0.25) is 0 Å². The molecule has 0 spiro atoms. The van der Waals surface area contributed by atoms with Gasteiger partial charge < -0.3 is 79.4 Å². The molecule has 81 heavy (non-hydrogen) atoms. The molecule has 0 aromatic heterocycles. The van der Waals surface area contributed by atoms with Gasteiger partial charge in [-0.15, -0.1) is 0 Å². The topological polar surface area (TPSA) is 298 Å². The van der Waals surface area contributed by atoms with Gasteiger partial charge in [0.15, 0.2) is 24.5 Å². The molecule has 23 atom stereocenters. The highest BCUT2D eigenvalue weighted by molar-refractivity contribution is 14.1. The molecule has 9 N–H and O–H groups in total. The lowest BCUT2D eigenvalue weighted by atomic mass is 9.33. The minimum absolute atomic E-state index is 0.0205. The summed E-state index contributed by atoms with van der Waals surface area (Å²) >= 11 is 2.19. The van der Waals surface area contributed by atoms with Crippen LogP contribution in [-0.2, 0) is 42.8 Å². The number of fused-ring (bicyclic) bond motifs is 7. The normalized spacial score (nSPS) is 45.7. The number of carbonyl (C=O) groups is 4. The van der Waals surface area contributed by atoms with Crippen molar-refractivity contribution in [2.45, 2.75) is 243 Å². The maximum atomic E-state index is 15.7. The number of unbranched alkanes of at least 4 members (excludes halogenated alkanes) is 3. The van der Waals surface area contributed by atoms with Crippen LogP contribution < -0.4 is 5.32 Å². The van der Waals surface area contributed by atoms with Crippen LogP contribution in [-0.4, -0.2) is 170 Å². The van der Waals surface area contributed by atoms with Crippen molar-refractivity contribution in [2.24, 2.45) is 50.2 Å². The molecular formula is C61H90INO18. The number of rotatable bonds is 17. The third-order valence-corrected chi connectivity index (χ3v) is 22.7. The molecule has 19 nitrogen and oxygen atoms in total. The molecule has 454 valence electrons. The third-order valence-electron chi connectivity index (χ3n) is 21.9. The first-order valence-corrected chi connectivity index (χ1v) is 30.8. The molecule has 8 aliphatic rings. The second kappa shape index (κ2) is 24.3. The van der Waals surface area contributed by atoms with E-state index in [9.17, 15) is 55.2 Å². The predicted molar refractivity (Wildman–Crippen MR) is 300 cm³/mol. The molecule has 1 aromatic carbocycles. The summed E-state index contributed by atoms with van der Waals surface area (Å²) in [7, 11) is 0. The van der Waals surface area contributed by atoms with Gasteiger partial charge in [0.05, 0.1) is 42.3 Å². The van der Waals surface area contributed by atoms with Crippen LogP contribution in [0.4, 0.5) is 0 Å². The van der Waals surface area contributed by atoms with Crippen LogP contribution in [0.25, 0.3) is 0 Å². The highest BCUT2D eigenvalue weighted by Gasteiger charge is 2.70. The quantitative estimate of drug-likeness (QED) is 0.0249. The van der Waals surface area contributed by atoms with Gasteiger partial charge in [0.25, 0.3) is 0 Å². The zero-order chi connectivity index (χ0) is 58.8. The van der Waals surface area contributed by atoms with E-state index in [1.807, 2.05) is 31.2 Å². The average molecular weight is 1250 g/mol. The zero-order valence-electron chi connectivity index (χ0n) is 48.1. The number of hydrogen-bond donors (Lipinski definition) is 9. The number of Topliss-reactive ketones (excluding diaryl/α,β-unsaturated/α-hetero) is 1. The van der Waals surface area contributed by atoms with Crippen LogP contribution in [0.3, 0.4) is 0 Å². The average Bonchev–Trinajstić information content (AvgIpc) is 1.76. The molecule has 5 aliphatic carbocycles. The fraction of sp³-hybridized carbons (Fsp3) is 0.803. The summed E-state index contributed by atoms with van der Waals surface area (Å²) in [6, 6.07) is 6.07. The molecule has 1 amide bonds. The Morgan fingerprint density at radius 3 is 2.10 bits per heavy atom. The fourth-order valence-electron chi connectivity index (χ4n) is 16.7. The highest BCUT2D eigenvalue weighted by atomic mass is 127. The van der Waals surface area contributed by atoms with Gasteiger partial charge in [0, 0.05) is 22.0 Å². The Bertz CT molecular complexity index is 2460. The van der Waals surface area contributed by atoms with Gasteiger partial charge in [-0.2, -0.15) is 0 Å². The molecule has 4 saturated carbocycles. The molecule has 1 aromatic rings. The summed E-state index contributed by atoms with van der Waals surface area (Å²) in [4.78, 5) is 54.9. The minimum atomic E-state index is -1.91. The maximum absolute atomic E-state index is 15.7. The monoisotopic (exact) mass is 1250 g/mol. The van der Waals surface area contributed by atoms with Crippen molar-refractivity contribution in [3.05, 3.63) is 45.0 Å². The number of halogens is 1. The van der Waals surface area contributed by atoms with Crippen molar-refractivity contribution in [3.63, 3.8) is 0 Å². The smallest absolute Gasteiger partial charge is 0.315 e. The van der Waals surface area contributed by atoms with Crippen LogP contribution in [0, 0.1) is 53.8 Å². The number of aliphatic hydroxyl groups is 8. The Balaban J connectivity index is 0.949. The number of ketones is 1. The number of hydrogen-bond acceptors (Lipinski definition) is 18. The second-order valence-corrected chi connectivity index (χ2v) is 28.4. The molecular weight excluding hydrogens is 1160 g/mol. The molecule has 7 fully saturated rings. The predicted octanol–water partition coefficient (Wildman–Crippen LogP) is 4.94. The number of carbonyl (C=O) groups excluding carboxylic acids is 4. The number of allylic oxidation sites excluding steroid dienone is 2. The zero-order valence-corrected chi connectivity index (χ0v) is 50.3. The number of nitrogens with one attached hydrogen (secondary N) is 1. The van der Waals surface area contributed by atoms with Crippen LogP contribution in [0.5, 0.6) is 0 Å². The van der Waals surface area contributed by atoms with E-state index >= 15 is 4.79 Å². The lowest BCUT2D eigenvalue weighted by Gasteiger charge is -2.71. The Kier molecular flexibility index (Phi) is 18.9. The van der Waals surface area contributed by atoms with Crippen molar-refractivity contribution in [1.29, 1.82) is 0 Å². The lowest BCUT2D eigenvalue weighted by Crippen LogP contribution is -2.68. The van der Waals surface area contributed by atoms with Crippen molar-refractivity contribution in [1.82, 2.24) is 5.32 Å². The molecule has 12 unspecified atom stereocenters. The van der Waals surface area contributed by atoms with Crippen molar-refractivity contribution in [2.75, 3.05) is 13.2 Å². The summed E-state index contributed by atoms with van der Waals surface area (Å²) < 4.78 is 37.8. The van der Waals surface area contributed by atoms with E-state index in [-0.39, 0.29) is 58.2 Å². The number of amides is 1. The maximum Gasteiger partial charge on any atom is 0.315 e. The summed E-state index contributed by atoms with van der Waals surface area (Å²) in [6.07, 6.45) is -8.32. The van der Waals surface area contributed by atoms with Gasteiger partial charge in [-0.3, -0.25) is 14.4 Å². The Morgan fingerprint density at radius 1 is 0.741 bits per heavy atom. The Morgan fingerprint density at radius 2 is 1.41 bits per heavy atom. The van der Waals surface area contributed by atoms with Crippen molar-refractivity contribution >= 4 is 46.5 Å². The van der Waals surface area contributed by atoms with Gasteiger partial charge >= 0.3 is 5.97 Å². The molecule has 0 bridgehead atoms. The van der Waals surface area contributed by atoms with E-state index in [0.29, 0.717) is 76.2 Å². The molecule has 9 rings (SSSR count). The Labute approximate surface area is 489 Å². The second-order valence-electron chi connectivity index (χ2n) is 27.1. The van der Waals surface area contributed by atoms with E-state index in [1.54, 1.807) is 0 Å². The third kappa shape index (κ3) is 11.5. The van der Waals surface area contributed by atoms with Crippen LogP contribution in [0.15, 0.2) is 35.9 Å². The molecule has 3 aliphatic heterocycles. The van der Waals surface area contributed by atoms with E-state index < -0.39 is 121 Å². The molecule has 20 heteroatoms. The summed E-state index contributed by atoms with van der Waals surface area (Å²) in [5.74, 6) is -1.01. The summed E-state index contributed by atoms with van der Waals surface area (Å²) in [5.41, 5.74) is -0.887. The summed E-state index contributed by atoms with van der Waals surface area (Å²) in [5, 5.41) is 91.5. The van der Waals surface area contributed by atoms with E-state index in [0.717, 1.165) is 35.5 Å². The van der Waals surface area contributed by atoms with E-state index in [4.69, 9.17) is 28.4 Å². The summed E-state index contributed by atoms with van der Waals surface area (Å²) in [6.45, 7) is 13.9. The number of aliphatic hydroxyl groups excluding tert-OH is 8.